The topological polar surface area (TPSA) is 41.3 Å². The second-order valence-corrected chi connectivity index (χ2v) is 8.30. The van der Waals surface area contributed by atoms with E-state index in [0.717, 1.165) is 24.2 Å². The fraction of sp³-hybridized carbons (Fsp3) is 0.409. The van der Waals surface area contributed by atoms with Gasteiger partial charge in [0.15, 0.2) is 0 Å². The number of benzene rings is 1. The first kappa shape index (κ1) is 17.2. The first-order valence-electron chi connectivity index (χ1n) is 9.77. The highest BCUT2D eigenvalue weighted by Gasteiger charge is 2.35. The molecule has 0 aliphatic carbocycles. The second kappa shape index (κ2) is 6.62. The van der Waals surface area contributed by atoms with E-state index in [1.54, 1.807) is 0 Å². The van der Waals surface area contributed by atoms with Gasteiger partial charge in [0.05, 0.1) is 12.6 Å². The minimum atomic E-state index is -0.577. The van der Waals surface area contributed by atoms with Crippen LogP contribution in [0.3, 0.4) is 0 Å². The Morgan fingerprint density at radius 1 is 1.26 bits per heavy atom. The van der Waals surface area contributed by atoms with Crippen LogP contribution >= 0.6 is 11.6 Å². The summed E-state index contributed by atoms with van der Waals surface area (Å²) in [6.45, 7) is 4.93. The van der Waals surface area contributed by atoms with E-state index in [9.17, 15) is 5.11 Å². The number of fused-ring (bicyclic) bond motifs is 5. The third-order valence-electron chi connectivity index (χ3n) is 6.13. The molecule has 2 unspecified atom stereocenters. The number of hydrogen-bond donors (Lipinski definition) is 1. The quantitative estimate of drug-likeness (QED) is 0.729. The Labute approximate surface area is 164 Å². The summed E-state index contributed by atoms with van der Waals surface area (Å²) in [5, 5.41) is 12.8. The summed E-state index contributed by atoms with van der Waals surface area (Å²) in [5.41, 5.74) is 5.90. The van der Waals surface area contributed by atoms with Gasteiger partial charge in [0.1, 0.15) is 5.65 Å². The van der Waals surface area contributed by atoms with Crippen LogP contribution in [0.1, 0.15) is 47.4 Å². The fourth-order valence-electron chi connectivity index (χ4n) is 4.88. The predicted octanol–water partition coefficient (Wildman–Crippen LogP) is 4.42. The summed E-state index contributed by atoms with van der Waals surface area (Å²) >= 11 is 6.00. The summed E-state index contributed by atoms with van der Waals surface area (Å²) < 4.78 is 2.26. The normalized spacial score (nSPS) is 20.6. The maximum atomic E-state index is 10.9. The van der Waals surface area contributed by atoms with Gasteiger partial charge in [0.25, 0.3) is 0 Å². The number of rotatable bonds is 3. The van der Waals surface area contributed by atoms with Crippen molar-refractivity contribution in [2.75, 3.05) is 13.1 Å². The SMILES string of the molecule is Cc1cnc2c(c1)c1c(n2CC(O)c2ccc(Cl)cc2)CCN2CCCC12. The van der Waals surface area contributed by atoms with Gasteiger partial charge in [-0.25, -0.2) is 4.98 Å². The number of hydrogen-bond acceptors (Lipinski definition) is 3. The van der Waals surface area contributed by atoms with Gasteiger partial charge in [-0.1, -0.05) is 23.7 Å². The zero-order valence-corrected chi connectivity index (χ0v) is 16.3. The molecule has 2 aliphatic rings. The van der Waals surface area contributed by atoms with Crippen molar-refractivity contribution < 1.29 is 5.11 Å². The lowest BCUT2D eigenvalue weighted by atomic mass is 9.96. The van der Waals surface area contributed by atoms with Crippen LogP contribution in [0.2, 0.25) is 5.02 Å². The summed E-state index contributed by atoms with van der Waals surface area (Å²) in [6, 6.07) is 10.3. The van der Waals surface area contributed by atoms with Crippen molar-refractivity contribution in [3.05, 3.63) is 63.9 Å². The van der Waals surface area contributed by atoms with Crippen molar-refractivity contribution in [2.45, 2.75) is 44.9 Å². The average Bonchev–Trinajstić information content (AvgIpc) is 3.25. The molecular weight excluding hydrogens is 358 g/mol. The predicted molar refractivity (Wildman–Crippen MR) is 108 cm³/mol. The van der Waals surface area contributed by atoms with Crippen LogP contribution in [-0.2, 0) is 13.0 Å². The smallest absolute Gasteiger partial charge is 0.140 e. The molecular formula is C22H24ClN3O. The molecule has 27 heavy (non-hydrogen) atoms. The van der Waals surface area contributed by atoms with Crippen LogP contribution in [-0.4, -0.2) is 32.6 Å². The standard InChI is InChI=1S/C22H24ClN3O/c1-14-11-17-21-18-3-2-9-25(18)10-8-19(21)26(22(17)24-12-14)13-20(27)15-4-6-16(23)7-5-15/h4-7,11-12,18,20,27H,2-3,8-10,13H2,1H3. The second-order valence-electron chi connectivity index (χ2n) is 7.87. The molecule has 1 fully saturated rings. The van der Waals surface area contributed by atoms with Crippen LogP contribution in [0, 0.1) is 6.92 Å². The van der Waals surface area contributed by atoms with Crippen molar-refractivity contribution in [3.63, 3.8) is 0 Å². The molecule has 2 atom stereocenters. The highest BCUT2D eigenvalue weighted by molar-refractivity contribution is 6.30. The molecule has 2 aliphatic heterocycles. The summed E-state index contributed by atoms with van der Waals surface area (Å²) in [7, 11) is 0. The lowest BCUT2D eigenvalue weighted by Gasteiger charge is -2.31. The highest BCUT2D eigenvalue weighted by Crippen LogP contribution is 2.43. The Morgan fingerprint density at radius 3 is 2.89 bits per heavy atom. The number of aliphatic hydroxyl groups is 1. The largest absolute Gasteiger partial charge is 0.387 e. The van der Waals surface area contributed by atoms with E-state index in [1.807, 2.05) is 30.5 Å². The molecule has 3 aromatic rings. The molecule has 0 amide bonds. The van der Waals surface area contributed by atoms with Gasteiger partial charge in [-0.2, -0.15) is 0 Å². The van der Waals surface area contributed by atoms with Gasteiger partial charge < -0.3 is 9.67 Å². The molecule has 0 saturated carbocycles. The van der Waals surface area contributed by atoms with E-state index >= 15 is 0 Å². The van der Waals surface area contributed by atoms with Gasteiger partial charge in [0.2, 0.25) is 0 Å². The van der Waals surface area contributed by atoms with Crippen molar-refractivity contribution in [1.29, 1.82) is 0 Å². The van der Waals surface area contributed by atoms with Gasteiger partial charge in [0, 0.05) is 41.3 Å². The van der Waals surface area contributed by atoms with Crippen LogP contribution < -0.4 is 0 Å². The molecule has 0 bridgehead atoms. The first-order chi connectivity index (χ1) is 13.1. The lowest BCUT2D eigenvalue weighted by Crippen LogP contribution is -2.31. The summed E-state index contributed by atoms with van der Waals surface area (Å²) in [5.74, 6) is 0. The molecule has 4 nitrogen and oxygen atoms in total. The summed E-state index contributed by atoms with van der Waals surface area (Å²) in [4.78, 5) is 7.39. The van der Waals surface area contributed by atoms with Gasteiger partial charge in [-0.15, -0.1) is 0 Å². The van der Waals surface area contributed by atoms with Crippen LogP contribution in [0.5, 0.6) is 0 Å². The van der Waals surface area contributed by atoms with Crippen molar-refractivity contribution >= 4 is 22.6 Å². The number of aromatic nitrogens is 2. The van der Waals surface area contributed by atoms with Crippen LogP contribution in [0.4, 0.5) is 0 Å². The molecule has 1 aromatic carbocycles. The van der Waals surface area contributed by atoms with Crippen molar-refractivity contribution in [1.82, 2.24) is 14.5 Å². The fourth-order valence-corrected chi connectivity index (χ4v) is 5.00. The van der Waals surface area contributed by atoms with Crippen LogP contribution in [0.25, 0.3) is 11.0 Å². The maximum Gasteiger partial charge on any atom is 0.140 e. The molecule has 5 heteroatoms. The Kier molecular flexibility index (Phi) is 4.23. The number of aryl methyl sites for hydroxylation is 1. The molecule has 1 saturated heterocycles. The van der Waals surface area contributed by atoms with E-state index in [-0.39, 0.29) is 0 Å². The number of pyridine rings is 1. The Hall–Kier alpha value is -1.88. The molecule has 4 heterocycles. The van der Waals surface area contributed by atoms with E-state index in [0.29, 0.717) is 17.6 Å². The third kappa shape index (κ3) is 2.87. The Morgan fingerprint density at radius 2 is 2.07 bits per heavy atom. The van der Waals surface area contributed by atoms with Gasteiger partial charge in [-0.05, 0) is 61.2 Å². The molecule has 140 valence electrons. The minimum Gasteiger partial charge on any atom is -0.387 e. The Bertz CT molecular complexity index is 995. The minimum absolute atomic E-state index is 0.508. The Balaban J connectivity index is 1.61. The van der Waals surface area contributed by atoms with Crippen LogP contribution in [0.15, 0.2) is 36.5 Å². The maximum absolute atomic E-state index is 10.9. The van der Waals surface area contributed by atoms with Crippen molar-refractivity contribution in [2.24, 2.45) is 0 Å². The molecule has 5 rings (SSSR count). The average molecular weight is 382 g/mol. The monoisotopic (exact) mass is 381 g/mol. The molecule has 0 spiro atoms. The third-order valence-corrected chi connectivity index (χ3v) is 6.38. The van der Waals surface area contributed by atoms with E-state index in [1.165, 1.54) is 41.6 Å². The van der Waals surface area contributed by atoms with Crippen molar-refractivity contribution in [3.8, 4) is 0 Å². The van der Waals surface area contributed by atoms with E-state index in [2.05, 4.69) is 22.5 Å². The van der Waals surface area contributed by atoms with E-state index < -0.39 is 6.10 Å². The zero-order valence-electron chi connectivity index (χ0n) is 15.5. The zero-order chi connectivity index (χ0) is 18.5. The van der Waals surface area contributed by atoms with E-state index in [4.69, 9.17) is 16.6 Å². The highest BCUT2D eigenvalue weighted by atomic mass is 35.5. The lowest BCUT2D eigenvalue weighted by molar-refractivity contribution is 0.155. The summed E-state index contributed by atoms with van der Waals surface area (Å²) in [6.07, 6.45) is 4.87. The molecule has 2 aromatic heterocycles. The number of aliphatic hydroxyl groups excluding tert-OH is 1. The number of nitrogens with zero attached hydrogens (tertiary/aromatic N) is 3. The number of halogens is 1. The van der Waals surface area contributed by atoms with Gasteiger partial charge >= 0.3 is 0 Å². The molecule has 1 N–H and O–H groups in total. The first-order valence-corrected chi connectivity index (χ1v) is 10.1. The molecule has 0 radical (unpaired) electrons. The van der Waals surface area contributed by atoms with Gasteiger partial charge in [-0.3, -0.25) is 4.90 Å².